The molecule has 0 spiro atoms. The number of carbonyl (C=O) groups is 1. The van der Waals surface area contributed by atoms with Crippen molar-refractivity contribution >= 4 is 40.2 Å². The number of rotatable bonds is 5. The van der Waals surface area contributed by atoms with Crippen LogP contribution in [0.25, 0.3) is 11.1 Å². The second kappa shape index (κ2) is 6.42. The van der Waals surface area contributed by atoms with E-state index >= 15 is 0 Å². The monoisotopic (exact) mass is 328 g/mol. The van der Waals surface area contributed by atoms with Gasteiger partial charge in [-0.15, -0.1) is 0 Å². The van der Waals surface area contributed by atoms with Gasteiger partial charge in [0.2, 0.25) is 0 Å². The van der Waals surface area contributed by atoms with Gasteiger partial charge in [0.05, 0.1) is 10.7 Å². The van der Waals surface area contributed by atoms with Gasteiger partial charge < -0.3 is 9.73 Å². The zero-order chi connectivity index (χ0) is 16.4. The summed E-state index contributed by atoms with van der Waals surface area (Å²) in [6, 6.07) is 13.4. The molecule has 0 aliphatic heterocycles. The average Bonchev–Trinajstić information content (AvgIpc) is 2.92. The Hall–Kier alpha value is -2.33. The first kappa shape index (κ1) is 15.6. The lowest BCUT2D eigenvalue weighted by molar-refractivity contribution is -0.121. The van der Waals surface area contributed by atoms with Crippen LogP contribution in [0.3, 0.4) is 0 Å². The van der Waals surface area contributed by atoms with Gasteiger partial charge in [0.15, 0.2) is 5.58 Å². The molecule has 0 amide bonds. The van der Waals surface area contributed by atoms with Gasteiger partial charge in [-0.3, -0.25) is 4.79 Å². The van der Waals surface area contributed by atoms with Gasteiger partial charge in [-0.2, -0.15) is 4.98 Å². The van der Waals surface area contributed by atoms with E-state index in [1.165, 1.54) is 0 Å². The van der Waals surface area contributed by atoms with E-state index in [4.69, 9.17) is 16.0 Å². The highest BCUT2D eigenvalue weighted by molar-refractivity contribution is 6.33. The summed E-state index contributed by atoms with van der Waals surface area (Å²) < 4.78 is 5.62. The molecule has 0 saturated heterocycles. The Morgan fingerprint density at radius 1 is 1.26 bits per heavy atom. The van der Waals surface area contributed by atoms with Crippen molar-refractivity contribution in [3.63, 3.8) is 0 Å². The fourth-order valence-electron chi connectivity index (χ4n) is 2.22. The number of ketones is 1. The standard InChI is InChI=1S/C18H17ClN2O2/c1-11(2)16(22)10-12-7-8-14(13(19)9-12)20-18-21-15-5-3-4-6-17(15)23-18/h3-9,11H,10H2,1-2H3,(H,20,21). The van der Waals surface area contributed by atoms with Gasteiger partial charge in [-0.25, -0.2) is 0 Å². The van der Waals surface area contributed by atoms with E-state index in [0.29, 0.717) is 28.7 Å². The Kier molecular flexibility index (Phi) is 4.35. The van der Waals surface area contributed by atoms with E-state index < -0.39 is 0 Å². The summed E-state index contributed by atoms with van der Waals surface area (Å²) in [6.45, 7) is 3.79. The minimum atomic E-state index is 0.0197. The van der Waals surface area contributed by atoms with Crippen LogP contribution >= 0.6 is 11.6 Å². The summed E-state index contributed by atoms with van der Waals surface area (Å²) in [5.41, 5.74) is 3.09. The molecule has 3 rings (SSSR count). The number of anilines is 2. The molecule has 0 unspecified atom stereocenters. The predicted molar refractivity (Wildman–Crippen MR) is 92.3 cm³/mol. The highest BCUT2D eigenvalue weighted by atomic mass is 35.5. The fourth-order valence-corrected chi connectivity index (χ4v) is 2.47. The SMILES string of the molecule is CC(C)C(=O)Cc1ccc(Nc2nc3ccccc3o2)c(Cl)c1. The summed E-state index contributed by atoms with van der Waals surface area (Å²) in [4.78, 5) is 16.2. The number of nitrogens with zero attached hydrogens (tertiary/aromatic N) is 1. The van der Waals surface area contributed by atoms with Crippen molar-refractivity contribution in [2.45, 2.75) is 20.3 Å². The quantitative estimate of drug-likeness (QED) is 0.716. The molecule has 0 saturated carbocycles. The third-order valence-electron chi connectivity index (χ3n) is 3.59. The van der Waals surface area contributed by atoms with Gasteiger partial charge in [0, 0.05) is 12.3 Å². The lowest BCUT2D eigenvalue weighted by atomic mass is 10.0. The van der Waals surface area contributed by atoms with Gasteiger partial charge in [0.25, 0.3) is 6.01 Å². The molecule has 23 heavy (non-hydrogen) atoms. The van der Waals surface area contributed by atoms with Crippen molar-refractivity contribution in [1.82, 2.24) is 4.98 Å². The molecule has 0 atom stereocenters. The molecule has 1 N–H and O–H groups in total. The molecular weight excluding hydrogens is 312 g/mol. The largest absolute Gasteiger partial charge is 0.423 e. The van der Waals surface area contributed by atoms with Crippen molar-refractivity contribution in [2.75, 3.05) is 5.32 Å². The molecule has 5 heteroatoms. The number of fused-ring (bicyclic) bond motifs is 1. The van der Waals surface area contributed by atoms with Crippen LogP contribution in [-0.4, -0.2) is 10.8 Å². The summed E-state index contributed by atoms with van der Waals surface area (Å²) >= 11 is 6.30. The summed E-state index contributed by atoms with van der Waals surface area (Å²) in [7, 11) is 0. The van der Waals surface area contributed by atoms with Gasteiger partial charge in [-0.05, 0) is 29.8 Å². The average molecular weight is 329 g/mol. The number of halogens is 1. The second-order valence-electron chi connectivity index (χ2n) is 5.72. The fraction of sp³-hybridized carbons (Fsp3) is 0.222. The topological polar surface area (TPSA) is 55.1 Å². The Morgan fingerprint density at radius 3 is 2.74 bits per heavy atom. The van der Waals surface area contributed by atoms with Crippen LogP contribution in [0.5, 0.6) is 0 Å². The van der Waals surface area contributed by atoms with Gasteiger partial charge >= 0.3 is 0 Å². The smallest absolute Gasteiger partial charge is 0.300 e. The molecule has 0 fully saturated rings. The molecule has 2 aromatic carbocycles. The third-order valence-corrected chi connectivity index (χ3v) is 3.90. The van der Waals surface area contributed by atoms with E-state index in [1.807, 2.05) is 50.2 Å². The van der Waals surface area contributed by atoms with E-state index in [-0.39, 0.29) is 11.7 Å². The van der Waals surface area contributed by atoms with E-state index in [2.05, 4.69) is 10.3 Å². The zero-order valence-corrected chi connectivity index (χ0v) is 13.7. The van der Waals surface area contributed by atoms with Crippen molar-refractivity contribution in [1.29, 1.82) is 0 Å². The van der Waals surface area contributed by atoms with Crippen molar-refractivity contribution in [3.8, 4) is 0 Å². The summed E-state index contributed by atoms with van der Waals surface area (Å²) in [6.07, 6.45) is 0.389. The van der Waals surface area contributed by atoms with Crippen LogP contribution in [0.15, 0.2) is 46.9 Å². The summed E-state index contributed by atoms with van der Waals surface area (Å²) in [5.74, 6) is 0.215. The minimum absolute atomic E-state index is 0.0197. The van der Waals surface area contributed by atoms with Crippen molar-refractivity contribution < 1.29 is 9.21 Å². The van der Waals surface area contributed by atoms with Crippen LogP contribution in [-0.2, 0) is 11.2 Å². The highest BCUT2D eigenvalue weighted by Gasteiger charge is 2.11. The minimum Gasteiger partial charge on any atom is -0.423 e. The van der Waals surface area contributed by atoms with Gasteiger partial charge in [0.1, 0.15) is 11.3 Å². The van der Waals surface area contributed by atoms with E-state index in [1.54, 1.807) is 6.07 Å². The van der Waals surface area contributed by atoms with Crippen LogP contribution in [0, 0.1) is 5.92 Å². The number of hydrogen-bond acceptors (Lipinski definition) is 4. The third kappa shape index (κ3) is 3.54. The molecular formula is C18H17ClN2O2. The maximum atomic E-state index is 11.8. The van der Waals surface area contributed by atoms with Crippen molar-refractivity contribution in [3.05, 3.63) is 53.1 Å². The number of nitrogens with one attached hydrogen (secondary N) is 1. The van der Waals surface area contributed by atoms with Crippen LogP contribution in [0.2, 0.25) is 5.02 Å². The lowest BCUT2D eigenvalue weighted by Gasteiger charge is -2.08. The predicted octanol–water partition coefficient (Wildman–Crippen LogP) is 4.99. The number of benzene rings is 2. The maximum Gasteiger partial charge on any atom is 0.300 e. The molecule has 118 valence electrons. The van der Waals surface area contributed by atoms with Crippen LogP contribution in [0.4, 0.5) is 11.7 Å². The molecule has 1 aromatic heterocycles. The van der Waals surface area contributed by atoms with Gasteiger partial charge in [-0.1, -0.05) is 43.6 Å². The summed E-state index contributed by atoms with van der Waals surface area (Å²) in [5, 5.41) is 3.60. The molecule has 1 heterocycles. The normalized spacial score (nSPS) is 11.1. The molecule has 0 aliphatic rings. The van der Waals surface area contributed by atoms with Crippen LogP contribution in [0.1, 0.15) is 19.4 Å². The maximum absolute atomic E-state index is 11.8. The molecule has 4 nitrogen and oxygen atoms in total. The Balaban J connectivity index is 1.79. The first-order chi connectivity index (χ1) is 11.0. The molecule has 0 radical (unpaired) electrons. The second-order valence-corrected chi connectivity index (χ2v) is 6.13. The number of aromatic nitrogens is 1. The zero-order valence-electron chi connectivity index (χ0n) is 13.0. The number of Topliss-reactive ketones (excluding diaryl/α,β-unsaturated/α-hetero) is 1. The molecule has 0 aliphatic carbocycles. The molecule has 3 aromatic rings. The van der Waals surface area contributed by atoms with Crippen molar-refractivity contribution in [2.24, 2.45) is 5.92 Å². The first-order valence-electron chi connectivity index (χ1n) is 7.46. The van der Waals surface area contributed by atoms with E-state index in [9.17, 15) is 4.79 Å². The number of hydrogen-bond donors (Lipinski definition) is 1. The number of carbonyl (C=O) groups excluding carboxylic acids is 1. The number of oxazole rings is 1. The Bertz CT molecular complexity index is 822. The molecule has 0 bridgehead atoms. The highest BCUT2D eigenvalue weighted by Crippen LogP contribution is 2.28. The first-order valence-corrected chi connectivity index (χ1v) is 7.84. The Morgan fingerprint density at radius 2 is 2.04 bits per heavy atom. The van der Waals surface area contributed by atoms with E-state index in [0.717, 1.165) is 11.1 Å². The number of para-hydroxylation sites is 2. The Labute approximate surface area is 139 Å². The van der Waals surface area contributed by atoms with Crippen LogP contribution < -0.4 is 5.32 Å². The lowest BCUT2D eigenvalue weighted by Crippen LogP contribution is -2.10.